The van der Waals surface area contributed by atoms with Crippen LogP contribution in [0.25, 0.3) is 22.2 Å². The van der Waals surface area contributed by atoms with Gasteiger partial charge in [0.05, 0.1) is 10.7 Å². The zero-order valence-electron chi connectivity index (χ0n) is 9.24. The van der Waals surface area contributed by atoms with E-state index in [0.29, 0.717) is 10.8 Å². The Hall–Kier alpha value is -1.94. The van der Waals surface area contributed by atoms with Crippen molar-refractivity contribution in [2.24, 2.45) is 7.05 Å². The van der Waals surface area contributed by atoms with E-state index in [1.165, 1.54) is 0 Å². The molecule has 4 nitrogen and oxygen atoms in total. The smallest absolute Gasteiger partial charge is 0.121 e. The normalized spacial score (nSPS) is 11.2. The monoisotopic (exact) mass is 246 g/mol. The van der Waals surface area contributed by atoms with Crippen LogP contribution in [-0.4, -0.2) is 14.8 Å². The molecule has 3 N–H and O–H groups in total. The topological polar surface area (TPSA) is 59.6 Å². The van der Waals surface area contributed by atoms with Crippen LogP contribution in [0.15, 0.2) is 30.5 Å². The Morgan fingerprint density at radius 1 is 1.41 bits per heavy atom. The number of aryl methyl sites for hydroxylation is 1. The van der Waals surface area contributed by atoms with Crippen molar-refractivity contribution >= 4 is 28.3 Å². The molecule has 86 valence electrons. The summed E-state index contributed by atoms with van der Waals surface area (Å²) in [5.41, 5.74) is 8.58. The molecule has 0 radical (unpaired) electrons. The summed E-state index contributed by atoms with van der Waals surface area (Å²) < 4.78 is 1.64. The summed E-state index contributed by atoms with van der Waals surface area (Å²) >= 11 is 6.21. The van der Waals surface area contributed by atoms with Gasteiger partial charge in [-0.2, -0.15) is 5.10 Å². The Labute approximate surface area is 103 Å². The number of nitrogens with two attached hydrogens (primary N) is 1. The summed E-state index contributed by atoms with van der Waals surface area (Å²) in [7, 11) is 1.81. The van der Waals surface area contributed by atoms with E-state index >= 15 is 0 Å². The van der Waals surface area contributed by atoms with Crippen molar-refractivity contribution in [3.05, 3.63) is 35.5 Å². The molecule has 5 heteroatoms. The van der Waals surface area contributed by atoms with E-state index in [4.69, 9.17) is 17.3 Å². The molecule has 0 spiro atoms. The minimum absolute atomic E-state index is 0.626. The average molecular weight is 247 g/mol. The molecule has 0 aliphatic rings. The van der Waals surface area contributed by atoms with Gasteiger partial charge in [-0.15, -0.1) is 0 Å². The van der Waals surface area contributed by atoms with Gasteiger partial charge < -0.3 is 10.7 Å². The Morgan fingerprint density at radius 3 is 2.94 bits per heavy atom. The molecular weight excluding hydrogens is 236 g/mol. The summed E-state index contributed by atoms with van der Waals surface area (Å²) in [6, 6.07) is 7.61. The summed E-state index contributed by atoms with van der Waals surface area (Å²) in [4.78, 5) is 3.18. The third kappa shape index (κ3) is 1.49. The van der Waals surface area contributed by atoms with Crippen molar-refractivity contribution in [3.63, 3.8) is 0 Å². The fourth-order valence-electron chi connectivity index (χ4n) is 1.96. The molecule has 0 bridgehead atoms. The molecule has 0 saturated heterocycles. The first-order valence-corrected chi connectivity index (χ1v) is 5.60. The van der Waals surface area contributed by atoms with E-state index in [-0.39, 0.29) is 0 Å². The summed E-state index contributed by atoms with van der Waals surface area (Å²) in [6.45, 7) is 0. The molecule has 0 fully saturated rings. The number of halogens is 1. The number of hydrogen-bond acceptors (Lipinski definition) is 2. The summed E-state index contributed by atoms with van der Waals surface area (Å²) in [6.07, 6.45) is 1.90. The van der Waals surface area contributed by atoms with Gasteiger partial charge in [0.25, 0.3) is 0 Å². The predicted molar refractivity (Wildman–Crippen MR) is 69.9 cm³/mol. The molecule has 1 aromatic carbocycles. The SMILES string of the molecule is Cn1nc(-c2c[nH]c3cccc(Cl)c23)cc1N. The minimum Gasteiger partial charge on any atom is -0.384 e. The Morgan fingerprint density at radius 2 is 2.24 bits per heavy atom. The highest BCUT2D eigenvalue weighted by Crippen LogP contribution is 2.33. The number of aromatic nitrogens is 3. The minimum atomic E-state index is 0.626. The van der Waals surface area contributed by atoms with Crippen LogP contribution in [0.2, 0.25) is 5.02 Å². The van der Waals surface area contributed by atoms with Crippen LogP contribution in [0.1, 0.15) is 0 Å². The first-order valence-electron chi connectivity index (χ1n) is 5.22. The zero-order valence-corrected chi connectivity index (χ0v) is 9.99. The first-order chi connectivity index (χ1) is 8.16. The molecule has 3 aromatic rings. The van der Waals surface area contributed by atoms with Crippen LogP contribution in [0.3, 0.4) is 0 Å². The largest absolute Gasteiger partial charge is 0.384 e. The van der Waals surface area contributed by atoms with Crippen molar-refractivity contribution in [3.8, 4) is 11.3 Å². The molecule has 0 amide bonds. The van der Waals surface area contributed by atoms with Crippen molar-refractivity contribution in [2.45, 2.75) is 0 Å². The van der Waals surface area contributed by atoms with Gasteiger partial charge in [-0.05, 0) is 12.1 Å². The zero-order chi connectivity index (χ0) is 12.0. The van der Waals surface area contributed by atoms with Crippen molar-refractivity contribution in [1.82, 2.24) is 14.8 Å². The van der Waals surface area contributed by atoms with Gasteiger partial charge in [0.15, 0.2) is 0 Å². The van der Waals surface area contributed by atoms with Crippen LogP contribution >= 0.6 is 11.6 Å². The molecule has 0 atom stereocenters. The Kier molecular flexibility index (Phi) is 2.12. The molecular formula is C12H11ClN4. The standard InChI is InChI=1S/C12H11ClN4/c1-17-11(14)5-10(16-17)7-6-15-9-4-2-3-8(13)12(7)9/h2-6,15H,14H2,1H3. The lowest BCUT2D eigenvalue weighted by Gasteiger charge is -1.96. The van der Waals surface area contributed by atoms with Crippen LogP contribution in [0, 0.1) is 0 Å². The van der Waals surface area contributed by atoms with E-state index in [0.717, 1.165) is 22.2 Å². The van der Waals surface area contributed by atoms with E-state index < -0.39 is 0 Å². The van der Waals surface area contributed by atoms with Gasteiger partial charge in [-0.1, -0.05) is 17.7 Å². The van der Waals surface area contributed by atoms with Gasteiger partial charge in [0, 0.05) is 35.8 Å². The van der Waals surface area contributed by atoms with E-state index in [9.17, 15) is 0 Å². The van der Waals surface area contributed by atoms with E-state index in [2.05, 4.69) is 10.1 Å². The van der Waals surface area contributed by atoms with Crippen LogP contribution in [0.4, 0.5) is 5.82 Å². The van der Waals surface area contributed by atoms with Crippen molar-refractivity contribution in [2.75, 3.05) is 5.73 Å². The number of nitrogens with one attached hydrogen (secondary N) is 1. The average Bonchev–Trinajstić information content (AvgIpc) is 2.85. The summed E-state index contributed by atoms with van der Waals surface area (Å²) in [5, 5.41) is 6.05. The van der Waals surface area contributed by atoms with Gasteiger partial charge in [0.2, 0.25) is 0 Å². The molecule has 3 rings (SSSR count). The number of nitrogen functional groups attached to an aromatic ring is 1. The second-order valence-electron chi connectivity index (χ2n) is 3.94. The maximum atomic E-state index is 6.21. The number of hydrogen-bond donors (Lipinski definition) is 2. The van der Waals surface area contributed by atoms with E-state index in [1.54, 1.807) is 4.68 Å². The molecule has 2 aromatic heterocycles. The lowest BCUT2D eigenvalue weighted by atomic mass is 10.1. The lowest BCUT2D eigenvalue weighted by Crippen LogP contribution is -1.96. The second-order valence-corrected chi connectivity index (χ2v) is 4.35. The maximum absolute atomic E-state index is 6.21. The molecule has 17 heavy (non-hydrogen) atoms. The van der Waals surface area contributed by atoms with Gasteiger partial charge in [-0.25, -0.2) is 0 Å². The first kappa shape index (κ1) is 10.2. The number of rotatable bonds is 1. The fraction of sp³-hybridized carbons (Fsp3) is 0.0833. The van der Waals surface area contributed by atoms with Gasteiger partial charge in [-0.3, -0.25) is 4.68 Å². The van der Waals surface area contributed by atoms with E-state index in [1.807, 2.05) is 37.5 Å². The number of nitrogens with zero attached hydrogens (tertiary/aromatic N) is 2. The van der Waals surface area contributed by atoms with Crippen molar-refractivity contribution < 1.29 is 0 Å². The Bertz CT molecular complexity index is 676. The molecule has 2 heterocycles. The van der Waals surface area contributed by atoms with Crippen LogP contribution in [-0.2, 0) is 7.05 Å². The number of benzene rings is 1. The van der Waals surface area contributed by atoms with Gasteiger partial charge >= 0.3 is 0 Å². The molecule has 0 aliphatic carbocycles. The Balaban J connectivity index is 2.31. The number of fused-ring (bicyclic) bond motifs is 1. The predicted octanol–water partition coefficient (Wildman–Crippen LogP) is 2.80. The highest BCUT2D eigenvalue weighted by atomic mass is 35.5. The number of H-pyrrole nitrogens is 1. The second kappa shape index (κ2) is 3.53. The highest BCUT2D eigenvalue weighted by molar-refractivity contribution is 6.36. The van der Waals surface area contributed by atoms with Crippen molar-refractivity contribution in [1.29, 1.82) is 0 Å². The van der Waals surface area contributed by atoms with Crippen LogP contribution < -0.4 is 5.73 Å². The third-order valence-corrected chi connectivity index (χ3v) is 3.16. The fourth-order valence-corrected chi connectivity index (χ4v) is 2.23. The summed E-state index contributed by atoms with van der Waals surface area (Å²) in [5.74, 6) is 0.626. The maximum Gasteiger partial charge on any atom is 0.121 e. The highest BCUT2D eigenvalue weighted by Gasteiger charge is 2.12. The number of anilines is 1. The third-order valence-electron chi connectivity index (χ3n) is 2.85. The van der Waals surface area contributed by atoms with Crippen LogP contribution in [0.5, 0.6) is 0 Å². The lowest BCUT2D eigenvalue weighted by molar-refractivity contribution is 0.782. The molecule has 0 aliphatic heterocycles. The molecule has 0 saturated carbocycles. The molecule has 0 unspecified atom stereocenters. The van der Waals surface area contributed by atoms with Gasteiger partial charge in [0.1, 0.15) is 5.82 Å². The number of aromatic amines is 1. The quantitative estimate of drug-likeness (QED) is 0.694.